The second kappa shape index (κ2) is 8.46. The molecule has 2 aromatic heterocycles. The van der Waals surface area contributed by atoms with Gasteiger partial charge in [-0.1, -0.05) is 29.0 Å². The van der Waals surface area contributed by atoms with Crippen molar-refractivity contribution in [1.29, 1.82) is 5.26 Å². The van der Waals surface area contributed by atoms with E-state index in [0.29, 0.717) is 35.9 Å². The van der Waals surface area contributed by atoms with Crippen molar-refractivity contribution < 1.29 is 4.79 Å². The first-order valence-electron chi connectivity index (χ1n) is 10.4. The summed E-state index contributed by atoms with van der Waals surface area (Å²) in [6, 6.07) is 7.70. The van der Waals surface area contributed by atoms with Crippen LogP contribution in [0.5, 0.6) is 0 Å². The van der Waals surface area contributed by atoms with Crippen molar-refractivity contribution in [2.24, 2.45) is 0 Å². The highest BCUT2D eigenvalue weighted by Crippen LogP contribution is 2.32. The van der Waals surface area contributed by atoms with Gasteiger partial charge in [0.05, 0.1) is 28.8 Å². The third kappa shape index (κ3) is 3.99. The molecule has 0 unspecified atom stereocenters. The number of benzene rings is 1. The number of hydrogen-bond donors (Lipinski definition) is 1. The number of aromatic nitrogens is 3. The van der Waals surface area contributed by atoms with Crippen LogP contribution in [0.25, 0.3) is 11.0 Å². The fourth-order valence-electron chi connectivity index (χ4n) is 4.11. The Balaban J connectivity index is 1.27. The minimum Gasteiger partial charge on any atom is -0.346 e. The number of carbonyl (C=O) groups excluding carboxylic acids is 1. The third-order valence-corrected chi connectivity index (χ3v) is 7.30. The molecule has 0 spiro atoms. The summed E-state index contributed by atoms with van der Waals surface area (Å²) >= 11 is 7.89. The molecule has 1 saturated heterocycles. The van der Waals surface area contributed by atoms with Crippen LogP contribution in [0.1, 0.15) is 27.6 Å². The van der Waals surface area contributed by atoms with E-state index in [-0.39, 0.29) is 5.91 Å². The lowest BCUT2D eigenvalue weighted by atomic mass is 10.2. The minimum absolute atomic E-state index is 0.112. The van der Waals surface area contributed by atoms with E-state index in [1.165, 1.54) is 0 Å². The van der Waals surface area contributed by atoms with Crippen molar-refractivity contribution >= 4 is 45.0 Å². The maximum absolute atomic E-state index is 13.1. The van der Waals surface area contributed by atoms with Crippen LogP contribution in [0.4, 0.5) is 5.13 Å². The zero-order valence-electron chi connectivity index (χ0n) is 17.0. The molecule has 3 aromatic rings. The molecule has 1 N–H and O–H groups in total. The number of amides is 1. The smallest absolute Gasteiger partial charge is 0.290 e. The number of carbonyl (C=O) groups is 1. The number of imidazole rings is 1. The highest BCUT2D eigenvalue weighted by molar-refractivity contribution is 7.15. The number of hydrogen-bond acceptors (Lipinski definition) is 7. The molecule has 1 aromatic carbocycles. The molecule has 2 aliphatic rings. The van der Waals surface area contributed by atoms with E-state index in [1.807, 2.05) is 17.0 Å². The van der Waals surface area contributed by atoms with Gasteiger partial charge in [-0.2, -0.15) is 5.26 Å². The van der Waals surface area contributed by atoms with Crippen molar-refractivity contribution in [2.75, 3.05) is 44.2 Å². The maximum atomic E-state index is 13.1. The predicted molar refractivity (Wildman–Crippen MR) is 121 cm³/mol. The molecule has 2 aliphatic heterocycles. The first kappa shape index (κ1) is 20.2. The average Bonchev–Trinajstić information content (AvgIpc) is 3.42. The molecule has 0 aliphatic carbocycles. The van der Waals surface area contributed by atoms with Gasteiger partial charge in [0.15, 0.2) is 11.0 Å². The number of nitrogens with one attached hydrogen (secondary N) is 1. The monoisotopic (exact) mass is 455 g/mol. The molecule has 0 radical (unpaired) electrons. The zero-order valence-corrected chi connectivity index (χ0v) is 18.5. The lowest BCUT2D eigenvalue weighted by Crippen LogP contribution is -2.46. The summed E-state index contributed by atoms with van der Waals surface area (Å²) in [7, 11) is 0. The fraction of sp³-hybridized carbons (Fsp3) is 0.429. The highest BCUT2D eigenvalue weighted by Gasteiger charge is 2.28. The Bertz CT molecular complexity index is 1160. The number of nitrogens with zero attached hydrogens (tertiary/aromatic N) is 6. The number of nitriles is 1. The Hall–Kier alpha value is -2.67. The van der Waals surface area contributed by atoms with Gasteiger partial charge in [0.2, 0.25) is 0 Å². The molecule has 0 bridgehead atoms. The number of halogens is 1. The molecular formula is C21H22ClN7OS. The highest BCUT2D eigenvalue weighted by atomic mass is 35.5. The number of rotatable bonds is 4. The minimum atomic E-state index is -0.112. The first-order valence-corrected chi connectivity index (χ1v) is 11.6. The maximum Gasteiger partial charge on any atom is 0.290 e. The van der Waals surface area contributed by atoms with Gasteiger partial charge in [0, 0.05) is 57.0 Å². The Labute approximate surface area is 189 Å². The van der Waals surface area contributed by atoms with Crippen LogP contribution in [0.15, 0.2) is 18.2 Å². The topological polar surface area (TPSA) is 92.2 Å². The van der Waals surface area contributed by atoms with Crippen LogP contribution in [0.2, 0.25) is 5.02 Å². The zero-order chi connectivity index (χ0) is 21.4. The SMILES string of the molecule is N#CCCN1CCN(c2nc3c(s2)CN(C(=O)c2nc4c(Cl)cccc4[nH]2)CC3)CC1. The largest absolute Gasteiger partial charge is 0.346 e. The van der Waals surface area contributed by atoms with E-state index in [0.717, 1.165) is 60.4 Å². The average molecular weight is 456 g/mol. The van der Waals surface area contributed by atoms with Gasteiger partial charge in [0.25, 0.3) is 5.91 Å². The fourth-order valence-corrected chi connectivity index (χ4v) is 5.50. The van der Waals surface area contributed by atoms with Gasteiger partial charge in [-0.05, 0) is 12.1 Å². The number of anilines is 1. The van der Waals surface area contributed by atoms with Crippen molar-refractivity contribution in [1.82, 2.24) is 24.8 Å². The number of aromatic amines is 1. The van der Waals surface area contributed by atoms with Gasteiger partial charge >= 0.3 is 0 Å². The molecule has 0 atom stereocenters. The number of H-pyrrole nitrogens is 1. The van der Waals surface area contributed by atoms with Crippen LogP contribution in [-0.4, -0.2) is 69.9 Å². The molecule has 4 heterocycles. The second-order valence-corrected chi connectivity index (χ2v) is 9.27. The molecule has 8 nitrogen and oxygen atoms in total. The van der Waals surface area contributed by atoms with Crippen molar-refractivity contribution in [2.45, 2.75) is 19.4 Å². The summed E-state index contributed by atoms with van der Waals surface area (Å²) in [6.07, 6.45) is 1.33. The van der Waals surface area contributed by atoms with E-state index in [1.54, 1.807) is 17.4 Å². The molecule has 0 saturated carbocycles. The van der Waals surface area contributed by atoms with Gasteiger partial charge in [-0.25, -0.2) is 9.97 Å². The van der Waals surface area contributed by atoms with Crippen LogP contribution in [0.3, 0.4) is 0 Å². The Morgan fingerprint density at radius 2 is 2.06 bits per heavy atom. The summed E-state index contributed by atoms with van der Waals surface area (Å²) in [5.74, 6) is 0.212. The van der Waals surface area contributed by atoms with Gasteiger partial charge in [-0.15, -0.1) is 0 Å². The van der Waals surface area contributed by atoms with Crippen LogP contribution < -0.4 is 4.90 Å². The quantitative estimate of drug-likeness (QED) is 0.650. The number of piperazine rings is 1. The molecule has 10 heteroatoms. The summed E-state index contributed by atoms with van der Waals surface area (Å²) in [6.45, 7) is 5.75. The lowest BCUT2D eigenvalue weighted by molar-refractivity contribution is 0.0725. The number of fused-ring (bicyclic) bond motifs is 2. The molecule has 31 heavy (non-hydrogen) atoms. The van der Waals surface area contributed by atoms with E-state index in [2.05, 4.69) is 25.8 Å². The van der Waals surface area contributed by atoms with Gasteiger partial charge in [0.1, 0.15) is 5.52 Å². The van der Waals surface area contributed by atoms with E-state index < -0.39 is 0 Å². The summed E-state index contributed by atoms with van der Waals surface area (Å²) in [5.41, 5.74) is 2.49. The molecule has 5 rings (SSSR count). The molecular weight excluding hydrogens is 434 g/mol. The lowest BCUT2D eigenvalue weighted by Gasteiger charge is -2.34. The first-order chi connectivity index (χ1) is 15.1. The summed E-state index contributed by atoms with van der Waals surface area (Å²) < 4.78 is 0. The Morgan fingerprint density at radius 1 is 1.23 bits per heavy atom. The summed E-state index contributed by atoms with van der Waals surface area (Å²) in [4.78, 5) is 33.1. The summed E-state index contributed by atoms with van der Waals surface area (Å²) in [5, 5.41) is 10.3. The Morgan fingerprint density at radius 3 is 2.84 bits per heavy atom. The number of para-hydroxylation sites is 1. The molecule has 160 valence electrons. The third-order valence-electron chi connectivity index (χ3n) is 5.86. The van der Waals surface area contributed by atoms with Gasteiger partial charge < -0.3 is 14.8 Å². The standard InChI is InChI=1S/C21H22ClN7OS/c22-14-3-1-4-16-18(14)26-19(24-16)20(30)29-8-5-15-17(13-29)31-21(25-15)28-11-9-27(10-12-28)7-2-6-23/h1,3-4H,2,5,7-13H2,(H,24,26). The number of thiazole rings is 1. The molecule has 1 amide bonds. The van der Waals surface area contributed by atoms with E-state index in [9.17, 15) is 4.79 Å². The Kier molecular flexibility index (Phi) is 5.52. The van der Waals surface area contributed by atoms with Crippen molar-refractivity contribution in [3.05, 3.63) is 39.6 Å². The molecule has 1 fully saturated rings. The predicted octanol–water partition coefficient (Wildman–Crippen LogP) is 2.91. The second-order valence-electron chi connectivity index (χ2n) is 7.80. The van der Waals surface area contributed by atoms with Gasteiger partial charge in [-0.3, -0.25) is 9.69 Å². The van der Waals surface area contributed by atoms with Crippen LogP contribution in [-0.2, 0) is 13.0 Å². The van der Waals surface area contributed by atoms with E-state index in [4.69, 9.17) is 21.8 Å². The van der Waals surface area contributed by atoms with Crippen molar-refractivity contribution in [3.8, 4) is 6.07 Å². The van der Waals surface area contributed by atoms with Crippen LogP contribution in [0, 0.1) is 11.3 Å². The van der Waals surface area contributed by atoms with E-state index >= 15 is 0 Å². The van der Waals surface area contributed by atoms with Crippen molar-refractivity contribution in [3.63, 3.8) is 0 Å². The normalized spacial score (nSPS) is 17.0. The van der Waals surface area contributed by atoms with Crippen LogP contribution >= 0.6 is 22.9 Å².